The van der Waals surface area contributed by atoms with E-state index in [4.69, 9.17) is 0 Å². The second-order valence-electron chi connectivity index (χ2n) is 38.9. The zero-order valence-electron chi connectivity index (χ0n) is 82.5. The summed E-state index contributed by atoms with van der Waals surface area (Å²) in [6, 6.07) is 64.7. The van der Waals surface area contributed by atoms with Crippen molar-refractivity contribution in [2.45, 2.75) is 211 Å². The number of benzene rings is 10. The van der Waals surface area contributed by atoms with Gasteiger partial charge < -0.3 is 39.8 Å². The molecule has 0 saturated carbocycles. The molecule has 15 aromatic rings. The number of anilines is 5. The first kappa shape index (κ1) is 108. The first-order valence-electron chi connectivity index (χ1n) is 49.0. The molecule has 0 aliphatic carbocycles. The Morgan fingerprint density at radius 1 is 0.289 bits per heavy atom. The van der Waals surface area contributed by atoms with Crippen LogP contribution in [0.4, 0.5) is 107 Å². The number of hydrogen-bond donors (Lipinski definition) is 8. The van der Waals surface area contributed by atoms with E-state index in [1.807, 2.05) is 95.5 Å². The summed E-state index contributed by atoms with van der Waals surface area (Å²) >= 11 is 0. The molecule has 0 spiro atoms. The molecule has 0 amide bonds. The van der Waals surface area contributed by atoms with Gasteiger partial charge in [0.1, 0.15) is 5.82 Å². The summed E-state index contributed by atoms with van der Waals surface area (Å²) in [6.45, 7) is 21.9. The van der Waals surface area contributed by atoms with E-state index < -0.39 is 70.6 Å². The molecular weight excluding hydrogens is 1960 g/mol. The lowest BCUT2D eigenvalue weighted by Crippen LogP contribution is -2.53. The maximum atomic E-state index is 13.1. The maximum absolute atomic E-state index is 13.1. The van der Waals surface area contributed by atoms with Crippen LogP contribution in [0.25, 0.3) is 56.2 Å². The lowest BCUT2D eigenvalue weighted by molar-refractivity contribution is -0.376. The lowest BCUT2D eigenvalue weighted by Gasteiger charge is -2.33. The molecule has 5 aliphatic rings. The Labute approximate surface area is 848 Å². The molecule has 5 aromatic heterocycles. The van der Waals surface area contributed by atoms with Gasteiger partial charge in [-0.1, -0.05) is 173 Å². The van der Waals surface area contributed by atoms with Gasteiger partial charge in [0.2, 0.25) is 0 Å². The number of aromatic amines is 5. The van der Waals surface area contributed by atoms with Gasteiger partial charge in [-0.25, -0.2) is 4.98 Å². The van der Waals surface area contributed by atoms with Crippen molar-refractivity contribution in [3.05, 3.63) is 350 Å². The minimum atomic E-state index is -5.90. The maximum Gasteiger partial charge on any atom is 0.430 e. The Hall–Kier alpha value is -14.2. The fourth-order valence-corrected chi connectivity index (χ4v) is 19.6. The largest absolute Gasteiger partial charge is 0.430 e. The van der Waals surface area contributed by atoms with E-state index in [2.05, 4.69) is 191 Å². The van der Waals surface area contributed by atoms with E-state index in [0.717, 1.165) is 162 Å². The van der Waals surface area contributed by atoms with Gasteiger partial charge in [0.15, 0.2) is 5.82 Å². The molecule has 10 aromatic carbocycles. The van der Waals surface area contributed by atoms with Crippen molar-refractivity contribution in [3.63, 3.8) is 0 Å². The predicted octanol–water partition coefficient (Wildman–Crippen LogP) is 26.7. The van der Waals surface area contributed by atoms with Crippen LogP contribution in [-0.4, -0.2) is 141 Å². The van der Waals surface area contributed by atoms with Crippen molar-refractivity contribution in [1.82, 2.24) is 56.0 Å². The van der Waals surface area contributed by atoms with Gasteiger partial charge in [-0.2, -0.15) is 105 Å². The van der Waals surface area contributed by atoms with Crippen molar-refractivity contribution in [2.24, 2.45) is 0 Å². The minimum absolute atomic E-state index is 0.294. The van der Waals surface area contributed by atoms with Gasteiger partial charge in [-0.3, -0.25) is 25.5 Å². The van der Waals surface area contributed by atoms with Gasteiger partial charge in [-0.15, -0.1) is 0 Å². The van der Waals surface area contributed by atoms with Crippen molar-refractivity contribution < 1.29 is 94.3 Å². The second kappa shape index (κ2) is 43.9. The number of nitrogens with one attached hydrogen (secondary N) is 5. The smallest absolute Gasteiger partial charge is 0.369 e. The summed E-state index contributed by atoms with van der Waals surface area (Å²) in [7, 11) is 0. The summed E-state index contributed by atoms with van der Waals surface area (Å²) in [5.41, 5.74) is 11.7. The van der Waals surface area contributed by atoms with Crippen LogP contribution in [-0.2, 0) is 81.6 Å². The van der Waals surface area contributed by atoms with Crippen molar-refractivity contribution in [2.75, 3.05) is 57.2 Å². The van der Waals surface area contributed by atoms with Gasteiger partial charge in [0, 0.05) is 162 Å². The summed E-state index contributed by atoms with van der Waals surface area (Å²) < 4.78 is 236. The number of hydrogen-bond acceptors (Lipinski definition) is 14. The number of aliphatic hydroxyl groups is 3. The highest BCUT2D eigenvalue weighted by molar-refractivity contribution is 5.73. The number of aryl methyl sites for hydroxylation is 8. The number of H-pyrrole nitrogens is 5. The molecule has 0 unspecified atom stereocenters. The standard InChI is InChI=1S/C23H21F6N3O.C23H27N3.C22H20F6N4O.C22H19F6N3O.C22H25N3/c1-14-11-19(31-30-14)16-6-9-20-17(12-16)3-2-10-32(20)13-15-4-7-18(8-5-15)21(33,22(24,25)26)23(27,28)29;1-16(2)19-8-6-18(7-9-19)15-26-12-4-5-21-14-20(10-11-23(21)26)22-13-17(3)24-25-22;1-13-29-19(31-30-13)16-6-9-18-15(11-16)3-2-10-32(18)12-14-4-7-17(8-5-14)20(33,21(23,24)25)22(26,27)28;23-21(24,25)20(32,22(26,27)28)18-6-3-14(4-7-18)13-31-9-1-2-16-10-15(5-8-19(16)31)17-11-29-30-12-17;1-16(2)18-7-5-17(6-8-18)15-25-11-3-4-20-12-19(9-10-22(20)25)21-13-23-24-14-21/h4-9,11-12,33H,2-3,10,13H2,1H3,(H,30,31);6-11,13-14,16H,4-5,12,15H2,1-3H3,(H,24,25);4-9,11,33H,2-3,10,12H2,1H3,(H,29,30,31);3-8,10-12,32H,1-2,9,13H2,(H,29,30);5-10,12-14,16H,3-4,11,15H2,1-2H3,(H,23,24). The normalized spacial score (nSPS) is 14.6. The molecule has 19 nitrogen and oxygen atoms in total. The molecule has 5 aliphatic heterocycles. The predicted molar refractivity (Wildman–Crippen MR) is 537 cm³/mol. The monoisotopic (exact) mass is 2070 g/mol. The average molecular weight is 2070 g/mol. The third-order valence-corrected chi connectivity index (χ3v) is 27.7. The molecule has 20 rings (SSSR count). The lowest BCUT2D eigenvalue weighted by atomic mass is 9.91. The molecule has 0 fully saturated rings. The van der Waals surface area contributed by atoms with E-state index in [-0.39, 0.29) is 0 Å². The summed E-state index contributed by atoms with van der Waals surface area (Å²) in [4.78, 5) is 15.4. The van der Waals surface area contributed by atoms with Crippen LogP contribution in [0.3, 0.4) is 0 Å². The van der Waals surface area contributed by atoms with Crippen LogP contribution >= 0.6 is 0 Å². The van der Waals surface area contributed by atoms with Crippen LogP contribution in [0.1, 0.15) is 172 Å². The first-order valence-corrected chi connectivity index (χ1v) is 49.0. The summed E-state index contributed by atoms with van der Waals surface area (Å²) in [6.07, 6.45) is -18.2. The van der Waals surface area contributed by atoms with Gasteiger partial charge in [0.25, 0.3) is 16.8 Å². The van der Waals surface area contributed by atoms with E-state index in [1.165, 1.54) is 105 Å². The fraction of sp³-hybridized carbons (Fsp3) is 0.339. The molecule has 0 radical (unpaired) electrons. The van der Waals surface area contributed by atoms with Crippen LogP contribution in [0.5, 0.6) is 0 Å². The molecule has 0 atom stereocenters. The van der Waals surface area contributed by atoms with Crippen LogP contribution < -0.4 is 24.5 Å². The van der Waals surface area contributed by atoms with Crippen molar-refractivity contribution in [3.8, 4) is 56.2 Å². The Balaban J connectivity index is 0.000000133. The highest BCUT2D eigenvalue weighted by Gasteiger charge is 2.73. The van der Waals surface area contributed by atoms with Gasteiger partial charge in [-0.05, 0) is 254 Å². The SMILES string of the molecule is CC(C)c1ccc(CN2CCCc3cc(-c4cn[nH]c4)ccc32)cc1.Cc1cc(-c2ccc3c(c2)CCCN3Cc2ccc(C(C)C)cc2)n[nH]1.Cc1cc(-c2ccc3c(c2)CCCN3Cc2ccc(C(O)(C(F)(F)F)C(F)(F)F)cc2)n[nH]1.Cc1nc(-c2ccc3c(c2)CCCN3Cc2ccc(C(O)(C(F)(F)F)C(F)(F)F)cc2)n[nH]1.OC(c1ccc(CN2CCCc3cc(-c4cn[nH]c4)ccc32)cc1)(C(F)(F)F)C(F)(F)F. The number of nitrogens with zero attached hydrogens (tertiary/aromatic N) is 11. The van der Waals surface area contributed by atoms with Crippen LogP contribution in [0, 0.1) is 20.8 Å². The van der Waals surface area contributed by atoms with E-state index in [9.17, 15) is 94.3 Å². The van der Waals surface area contributed by atoms with Crippen molar-refractivity contribution in [1.29, 1.82) is 0 Å². The Bertz CT molecular complexity index is 6790. The zero-order valence-corrected chi connectivity index (χ0v) is 82.5. The molecule has 784 valence electrons. The molecule has 0 bridgehead atoms. The molecule has 8 N–H and O–H groups in total. The third-order valence-electron chi connectivity index (χ3n) is 27.7. The molecule has 10 heterocycles. The van der Waals surface area contributed by atoms with E-state index >= 15 is 0 Å². The number of fused-ring (bicyclic) bond motifs is 5. The average Bonchev–Trinajstić information content (AvgIpc) is 0.803. The van der Waals surface area contributed by atoms with Gasteiger partial charge in [0.05, 0.1) is 23.8 Å². The topological polar surface area (TPSA) is 233 Å². The minimum Gasteiger partial charge on any atom is -0.369 e. The number of alkyl halides is 18. The highest BCUT2D eigenvalue weighted by atomic mass is 19.4. The third kappa shape index (κ3) is 23.9. The Morgan fingerprint density at radius 2 is 0.537 bits per heavy atom. The van der Waals surface area contributed by atoms with Crippen LogP contribution in [0.15, 0.2) is 249 Å². The van der Waals surface area contributed by atoms with E-state index in [1.54, 1.807) is 19.3 Å². The molecule has 37 heteroatoms. The quantitative estimate of drug-likeness (QED) is 0.0332. The Morgan fingerprint density at radius 3 is 0.765 bits per heavy atom. The highest BCUT2D eigenvalue weighted by Crippen LogP contribution is 2.54. The number of rotatable bonds is 20. The molecule has 149 heavy (non-hydrogen) atoms. The summed E-state index contributed by atoms with van der Waals surface area (Å²) in [5, 5.41) is 63.9. The van der Waals surface area contributed by atoms with E-state index in [0.29, 0.717) is 116 Å². The zero-order chi connectivity index (χ0) is 107. The van der Waals surface area contributed by atoms with Gasteiger partial charge >= 0.3 is 37.1 Å². The fourth-order valence-electron chi connectivity index (χ4n) is 19.6. The number of aromatic nitrogens is 11. The van der Waals surface area contributed by atoms with Crippen molar-refractivity contribution >= 4 is 28.4 Å². The second-order valence-corrected chi connectivity index (χ2v) is 38.9. The number of halogens is 18. The van der Waals surface area contributed by atoms with Crippen LogP contribution in [0.2, 0.25) is 0 Å². The first-order chi connectivity index (χ1) is 70.6. The molecular formula is C112H112F18N16O3. The summed E-state index contributed by atoms with van der Waals surface area (Å²) in [5.74, 6) is 2.44. The Kier molecular flexibility index (Phi) is 31.7. The molecule has 0 saturated heterocycles.